The van der Waals surface area contributed by atoms with Crippen molar-refractivity contribution >= 4 is 5.69 Å². The Morgan fingerprint density at radius 3 is 2.71 bits per heavy atom. The summed E-state index contributed by atoms with van der Waals surface area (Å²) in [5.74, 6) is 1.04. The van der Waals surface area contributed by atoms with E-state index in [1.807, 2.05) is 0 Å². The molecule has 0 atom stereocenters. The van der Waals surface area contributed by atoms with Crippen molar-refractivity contribution in [3.63, 3.8) is 0 Å². The van der Waals surface area contributed by atoms with Gasteiger partial charge in [0, 0.05) is 6.54 Å². The lowest BCUT2D eigenvalue weighted by atomic mass is 9.97. The number of unbranched alkanes of at least 4 members (excludes halogenated alkanes) is 1. The minimum atomic E-state index is 0.785. The smallest absolute Gasteiger partial charge is 0.142 e. The maximum absolute atomic E-state index is 5.71. The molecule has 2 rings (SSSR count). The lowest BCUT2D eigenvalue weighted by molar-refractivity contribution is 0.323. The summed E-state index contributed by atoms with van der Waals surface area (Å²) in [5.41, 5.74) is 4.16. The fourth-order valence-corrected chi connectivity index (χ4v) is 2.37. The first kappa shape index (κ1) is 12.3. The summed E-state index contributed by atoms with van der Waals surface area (Å²) < 4.78 is 5.71. The molecular weight excluding hydrogens is 210 g/mol. The van der Waals surface area contributed by atoms with Gasteiger partial charge in [-0.05, 0) is 42.5 Å². The van der Waals surface area contributed by atoms with Crippen LogP contribution in [0.4, 0.5) is 5.69 Å². The Morgan fingerprint density at radius 1 is 1.12 bits per heavy atom. The normalized spacial score (nSPS) is 13.8. The second-order valence-corrected chi connectivity index (χ2v) is 4.75. The van der Waals surface area contributed by atoms with Gasteiger partial charge in [0.1, 0.15) is 12.4 Å². The van der Waals surface area contributed by atoms with E-state index in [4.69, 9.17) is 4.74 Å². The van der Waals surface area contributed by atoms with Crippen LogP contribution in [0.3, 0.4) is 0 Å². The topological polar surface area (TPSA) is 21.3 Å². The van der Waals surface area contributed by atoms with Gasteiger partial charge >= 0.3 is 0 Å². The SMILES string of the molecule is CCCCc1cc2c(cc1CCC)NCCO2. The molecule has 0 spiro atoms. The van der Waals surface area contributed by atoms with Crippen LogP contribution in [0.5, 0.6) is 5.75 Å². The summed E-state index contributed by atoms with van der Waals surface area (Å²) >= 11 is 0. The molecule has 0 amide bonds. The summed E-state index contributed by atoms with van der Waals surface area (Å²) in [6.45, 7) is 6.20. The summed E-state index contributed by atoms with van der Waals surface area (Å²) in [7, 11) is 0. The minimum Gasteiger partial charge on any atom is -0.490 e. The number of aryl methyl sites for hydroxylation is 2. The van der Waals surface area contributed by atoms with Crippen molar-refractivity contribution in [3.05, 3.63) is 23.3 Å². The third kappa shape index (κ3) is 2.93. The number of nitrogens with one attached hydrogen (secondary N) is 1. The van der Waals surface area contributed by atoms with Gasteiger partial charge in [-0.25, -0.2) is 0 Å². The molecule has 1 aromatic carbocycles. The van der Waals surface area contributed by atoms with Crippen molar-refractivity contribution in [2.45, 2.75) is 46.0 Å². The van der Waals surface area contributed by atoms with Gasteiger partial charge in [0.15, 0.2) is 0 Å². The number of anilines is 1. The molecule has 0 bridgehead atoms. The molecule has 2 heteroatoms. The highest BCUT2D eigenvalue weighted by molar-refractivity contribution is 5.61. The van der Waals surface area contributed by atoms with E-state index in [1.54, 1.807) is 0 Å². The second-order valence-electron chi connectivity index (χ2n) is 4.75. The van der Waals surface area contributed by atoms with E-state index in [0.717, 1.165) is 18.9 Å². The largest absolute Gasteiger partial charge is 0.490 e. The van der Waals surface area contributed by atoms with Crippen LogP contribution in [0.1, 0.15) is 44.2 Å². The van der Waals surface area contributed by atoms with Crippen molar-refractivity contribution < 1.29 is 4.74 Å². The molecule has 0 radical (unpaired) electrons. The number of hydrogen-bond donors (Lipinski definition) is 1. The number of fused-ring (bicyclic) bond motifs is 1. The van der Waals surface area contributed by atoms with Crippen LogP contribution in [0.2, 0.25) is 0 Å². The maximum Gasteiger partial charge on any atom is 0.142 e. The first-order chi connectivity index (χ1) is 8.35. The first-order valence-electron chi connectivity index (χ1n) is 6.87. The predicted octanol–water partition coefficient (Wildman–Crippen LogP) is 3.79. The van der Waals surface area contributed by atoms with Crippen molar-refractivity contribution in [2.75, 3.05) is 18.5 Å². The average Bonchev–Trinajstić information content (AvgIpc) is 2.36. The Labute approximate surface area is 104 Å². The zero-order chi connectivity index (χ0) is 12.1. The predicted molar refractivity (Wildman–Crippen MR) is 73.0 cm³/mol. The van der Waals surface area contributed by atoms with E-state index in [9.17, 15) is 0 Å². The lowest BCUT2D eigenvalue weighted by Gasteiger charge is -2.22. The lowest BCUT2D eigenvalue weighted by Crippen LogP contribution is -2.18. The Bertz CT molecular complexity index is 373. The molecular formula is C15H23NO. The van der Waals surface area contributed by atoms with Gasteiger partial charge in [0.05, 0.1) is 5.69 Å². The van der Waals surface area contributed by atoms with E-state index < -0.39 is 0 Å². The van der Waals surface area contributed by atoms with Gasteiger partial charge in [-0.3, -0.25) is 0 Å². The Balaban J connectivity index is 2.26. The van der Waals surface area contributed by atoms with Crippen molar-refractivity contribution in [1.29, 1.82) is 0 Å². The highest BCUT2D eigenvalue weighted by Gasteiger charge is 2.13. The molecule has 0 aliphatic carbocycles. The van der Waals surface area contributed by atoms with Gasteiger partial charge in [-0.1, -0.05) is 26.7 Å². The van der Waals surface area contributed by atoms with Crippen LogP contribution in [-0.4, -0.2) is 13.2 Å². The molecule has 2 nitrogen and oxygen atoms in total. The number of ether oxygens (including phenoxy) is 1. The molecule has 0 saturated heterocycles. The minimum absolute atomic E-state index is 0.785. The molecule has 0 saturated carbocycles. The Morgan fingerprint density at radius 2 is 1.94 bits per heavy atom. The van der Waals surface area contributed by atoms with Gasteiger partial charge < -0.3 is 10.1 Å². The number of benzene rings is 1. The highest BCUT2D eigenvalue weighted by atomic mass is 16.5. The van der Waals surface area contributed by atoms with E-state index in [2.05, 4.69) is 31.3 Å². The molecule has 1 N–H and O–H groups in total. The standard InChI is InChI=1S/C15H23NO/c1-3-5-7-13-11-15-14(16-8-9-17-15)10-12(13)6-4-2/h10-11,16H,3-9H2,1-2H3. The van der Waals surface area contributed by atoms with Crippen LogP contribution in [0.15, 0.2) is 12.1 Å². The third-order valence-electron chi connectivity index (χ3n) is 3.30. The van der Waals surface area contributed by atoms with Gasteiger partial charge in [-0.15, -0.1) is 0 Å². The molecule has 1 heterocycles. The van der Waals surface area contributed by atoms with Gasteiger partial charge in [0.25, 0.3) is 0 Å². The maximum atomic E-state index is 5.71. The number of rotatable bonds is 5. The average molecular weight is 233 g/mol. The molecule has 0 aromatic heterocycles. The molecule has 1 aliphatic rings. The van der Waals surface area contributed by atoms with Crippen molar-refractivity contribution in [2.24, 2.45) is 0 Å². The van der Waals surface area contributed by atoms with Gasteiger partial charge in [0.2, 0.25) is 0 Å². The molecule has 17 heavy (non-hydrogen) atoms. The van der Waals surface area contributed by atoms with E-state index in [0.29, 0.717) is 0 Å². The summed E-state index contributed by atoms with van der Waals surface area (Å²) in [5, 5.41) is 3.42. The summed E-state index contributed by atoms with van der Waals surface area (Å²) in [6, 6.07) is 4.55. The fraction of sp³-hybridized carbons (Fsp3) is 0.600. The van der Waals surface area contributed by atoms with Crippen LogP contribution in [0, 0.1) is 0 Å². The van der Waals surface area contributed by atoms with Crippen molar-refractivity contribution in [1.82, 2.24) is 0 Å². The third-order valence-corrected chi connectivity index (χ3v) is 3.30. The zero-order valence-electron chi connectivity index (χ0n) is 11.0. The molecule has 0 unspecified atom stereocenters. The van der Waals surface area contributed by atoms with Crippen molar-refractivity contribution in [3.8, 4) is 5.75 Å². The summed E-state index contributed by atoms with van der Waals surface area (Å²) in [4.78, 5) is 0. The quantitative estimate of drug-likeness (QED) is 0.835. The molecule has 1 aliphatic heterocycles. The second kappa shape index (κ2) is 5.95. The molecule has 0 fully saturated rings. The van der Waals surface area contributed by atoms with Crippen LogP contribution in [0.25, 0.3) is 0 Å². The zero-order valence-corrected chi connectivity index (χ0v) is 11.0. The number of hydrogen-bond acceptors (Lipinski definition) is 2. The van der Waals surface area contributed by atoms with E-state index in [-0.39, 0.29) is 0 Å². The monoisotopic (exact) mass is 233 g/mol. The summed E-state index contributed by atoms with van der Waals surface area (Å²) in [6.07, 6.45) is 6.08. The molecule has 1 aromatic rings. The molecule has 94 valence electrons. The first-order valence-corrected chi connectivity index (χ1v) is 6.87. The Kier molecular flexibility index (Phi) is 4.29. The fourth-order valence-electron chi connectivity index (χ4n) is 2.37. The Hall–Kier alpha value is -1.18. The van der Waals surface area contributed by atoms with E-state index >= 15 is 0 Å². The van der Waals surface area contributed by atoms with E-state index in [1.165, 1.54) is 48.9 Å². The van der Waals surface area contributed by atoms with Crippen LogP contribution >= 0.6 is 0 Å². The highest BCUT2D eigenvalue weighted by Crippen LogP contribution is 2.32. The van der Waals surface area contributed by atoms with Gasteiger partial charge in [-0.2, -0.15) is 0 Å². The van der Waals surface area contributed by atoms with Crippen LogP contribution < -0.4 is 10.1 Å². The van der Waals surface area contributed by atoms with Crippen LogP contribution in [-0.2, 0) is 12.8 Å².